The van der Waals surface area contributed by atoms with Gasteiger partial charge in [0.15, 0.2) is 11.5 Å². The first-order chi connectivity index (χ1) is 12.6. The minimum absolute atomic E-state index is 0.164. The SMILES string of the molecule is C=CCn1c(=O)n2nc(Cc3ccccc3)nc2c2c(CC)c(C)sc21. The second kappa shape index (κ2) is 6.53. The molecule has 3 heterocycles. The van der Waals surface area contributed by atoms with Gasteiger partial charge >= 0.3 is 5.69 Å². The van der Waals surface area contributed by atoms with E-state index in [4.69, 9.17) is 4.98 Å². The zero-order chi connectivity index (χ0) is 18.3. The molecule has 0 aliphatic heterocycles. The van der Waals surface area contributed by atoms with Crippen molar-refractivity contribution in [2.75, 3.05) is 0 Å². The molecule has 0 fully saturated rings. The van der Waals surface area contributed by atoms with E-state index in [0.717, 1.165) is 22.2 Å². The summed E-state index contributed by atoms with van der Waals surface area (Å²) < 4.78 is 3.20. The third-order valence-corrected chi connectivity index (χ3v) is 5.76. The zero-order valence-corrected chi connectivity index (χ0v) is 15.7. The van der Waals surface area contributed by atoms with Crippen LogP contribution in [0.1, 0.15) is 28.8 Å². The molecule has 0 bridgehead atoms. The number of hydrogen-bond acceptors (Lipinski definition) is 4. The Kier molecular flexibility index (Phi) is 4.20. The third-order valence-electron chi connectivity index (χ3n) is 4.59. The van der Waals surface area contributed by atoms with Crippen molar-refractivity contribution in [3.8, 4) is 0 Å². The number of hydrogen-bond donors (Lipinski definition) is 0. The van der Waals surface area contributed by atoms with Gasteiger partial charge in [0.1, 0.15) is 4.83 Å². The smallest absolute Gasteiger partial charge is 0.279 e. The first-order valence-corrected chi connectivity index (χ1v) is 9.51. The molecule has 0 N–H and O–H groups in total. The molecule has 0 amide bonds. The maximum absolute atomic E-state index is 13.0. The van der Waals surface area contributed by atoms with Crippen LogP contribution < -0.4 is 5.69 Å². The lowest BCUT2D eigenvalue weighted by molar-refractivity contribution is 0.725. The summed E-state index contributed by atoms with van der Waals surface area (Å²) in [7, 11) is 0. The molecule has 0 radical (unpaired) electrons. The second-order valence-corrected chi connectivity index (χ2v) is 7.48. The van der Waals surface area contributed by atoms with Crippen LogP contribution in [0.5, 0.6) is 0 Å². The summed E-state index contributed by atoms with van der Waals surface area (Å²) in [5, 5.41) is 5.57. The highest BCUT2D eigenvalue weighted by molar-refractivity contribution is 7.19. The number of thiophene rings is 1. The van der Waals surface area contributed by atoms with Crippen molar-refractivity contribution in [2.45, 2.75) is 33.2 Å². The molecule has 5 nitrogen and oxygen atoms in total. The van der Waals surface area contributed by atoms with Gasteiger partial charge in [0.05, 0.1) is 5.39 Å². The van der Waals surface area contributed by atoms with E-state index in [1.54, 1.807) is 22.0 Å². The standard InChI is InChI=1S/C20H20N4OS/c1-4-11-23-19-17(15(5-2)13(3)26-19)18-21-16(22-24(18)20(23)25)12-14-9-7-6-8-10-14/h4,6-10H,1,5,11-12H2,2-3H3. The van der Waals surface area contributed by atoms with Gasteiger partial charge in [-0.15, -0.1) is 23.0 Å². The Labute approximate surface area is 155 Å². The van der Waals surface area contributed by atoms with Crippen molar-refractivity contribution in [1.82, 2.24) is 19.2 Å². The average molecular weight is 364 g/mol. The Morgan fingerprint density at radius 2 is 2.04 bits per heavy atom. The minimum Gasteiger partial charge on any atom is -0.279 e. The van der Waals surface area contributed by atoms with Crippen LogP contribution in [0.2, 0.25) is 0 Å². The Bertz CT molecular complexity index is 1170. The van der Waals surface area contributed by atoms with Crippen molar-refractivity contribution in [3.63, 3.8) is 0 Å². The molecule has 26 heavy (non-hydrogen) atoms. The van der Waals surface area contributed by atoms with Crippen molar-refractivity contribution in [2.24, 2.45) is 0 Å². The van der Waals surface area contributed by atoms with Crippen LogP contribution in [0, 0.1) is 6.92 Å². The summed E-state index contributed by atoms with van der Waals surface area (Å²) in [4.78, 5) is 19.9. The molecule has 132 valence electrons. The molecule has 1 aromatic carbocycles. The fourth-order valence-electron chi connectivity index (χ4n) is 3.40. The molecule has 0 aliphatic rings. The van der Waals surface area contributed by atoms with E-state index in [-0.39, 0.29) is 5.69 Å². The summed E-state index contributed by atoms with van der Waals surface area (Å²) in [5.41, 5.74) is 2.87. The molecule has 0 saturated heterocycles. The predicted molar refractivity (Wildman–Crippen MR) is 106 cm³/mol. The van der Waals surface area contributed by atoms with Crippen molar-refractivity contribution < 1.29 is 0 Å². The molecule has 4 aromatic rings. The number of rotatable bonds is 5. The Morgan fingerprint density at radius 1 is 1.27 bits per heavy atom. The molecule has 0 atom stereocenters. The maximum Gasteiger partial charge on any atom is 0.352 e. The van der Waals surface area contributed by atoms with Gasteiger partial charge < -0.3 is 0 Å². The van der Waals surface area contributed by atoms with E-state index in [2.05, 4.69) is 25.5 Å². The van der Waals surface area contributed by atoms with Gasteiger partial charge in [0.2, 0.25) is 0 Å². The lowest BCUT2D eigenvalue weighted by Crippen LogP contribution is -2.27. The van der Waals surface area contributed by atoms with Crippen LogP contribution in [-0.4, -0.2) is 19.2 Å². The van der Waals surface area contributed by atoms with Gasteiger partial charge in [-0.25, -0.2) is 9.78 Å². The molecule has 0 spiro atoms. The molecule has 0 unspecified atom stereocenters. The normalized spacial score (nSPS) is 11.5. The molecule has 0 aliphatic carbocycles. The van der Waals surface area contributed by atoms with Crippen LogP contribution in [-0.2, 0) is 19.4 Å². The van der Waals surface area contributed by atoms with Crippen LogP contribution in [0.3, 0.4) is 0 Å². The van der Waals surface area contributed by atoms with Crippen LogP contribution in [0.15, 0.2) is 47.8 Å². The van der Waals surface area contributed by atoms with Crippen molar-refractivity contribution >= 4 is 27.2 Å². The first-order valence-electron chi connectivity index (χ1n) is 8.69. The van der Waals surface area contributed by atoms with Gasteiger partial charge in [0, 0.05) is 17.8 Å². The number of aryl methyl sites for hydroxylation is 2. The van der Waals surface area contributed by atoms with Crippen LogP contribution in [0.25, 0.3) is 15.9 Å². The molecule has 4 rings (SSSR count). The molecular formula is C20H20N4OS. The summed E-state index contributed by atoms with van der Waals surface area (Å²) in [6, 6.07) is 10.1. The zero-order valence-electron chi connectivity index (χ0n) is 14.9. The van der Waals surface area contributed by atoms with E-state index in [0.29, 0.717) is 24.4 Å². The monoisotopic (exact) mass is 364 g/mol. The van der Waals surface area contributed by atoms with Crippen molar-refractivity contribution in [3.05, 3.63) is 75.3 Å². The predicted octanol–water partition coefficient (Wildman–Crippen LogP) is 3.75. The summed E-state index contributed by atoms with van der Waals surface area (Å²) in [5.74, 6) is 0.664. The fourth-order valence-corrected chi connectivity index (χ4v) is 4.64. The highest BCUT2D eigenvalue weighted by atomic mass is 32.1. The Hall–Kier alpha value is -2.73. The quantitative estimate of drug-likeness (QED) is 0.507. The lowest BCUT2D eigenvalue weighted by Gasteiger charge is -2.05. The minimum atomic E-state index is -0.164. The lowest BCUT2D eigenvalue weighted by atomic mass is 10.1. The number of aromatic nitrogens is 4. The second-order valence-electron chi connectivity index (χ2n) is 6.28. The largest absolute Gasteiger partial charge is 0.352 e. The summed E-state index contributed by atoms with van der Waals surface area (Å²) >= 11 is 1.65. The molecular weight excluding hydrogens is 344 g/mol. The molecule has 0 saturated carbocycles. The summed E-state index contributed by atoms with van der Waals surface area (Å²) in [6.45, 7) is 8.49. The van der Waals surface area contributed by atoms with E-state index < -0.39 is 0 Å². The number of benzene rings is 1. The Balaban J connectivity index is 2.01. The van der Waals surface area contributed by atoms with E-state index in [9.17, 15) is 4.79 Å². The van der Waals surface area contributed by atoms with E-state index >= 15 is 0 Å². The van der Waals surface area contributed by atoms with Gasteiger partial charge in [-0.1, -0.05) is 43.3 Å². The highest BCUT2D eigenvalue weighted by Gasteiger charge is 2.20. The van der Waals surface area contributed by atoms with E-state index in [1.807, 2.05) is 30.3 Å². The average Bonchev–Trinajstić information content (AvgIpc) is 3.20. The van der Waals surface area contributed by atoms with Crippen molar-refractivity contribution in [1.29, 1.82) is 0 Å². The Morgan fingerprint density at radius 3 is 2.73 bits per heavy atom. The van der Waals surface area contributed by atoms with Gasteiger partial charge in [-0.2, -0.15) is 4.52 Å². The molecule has 6 heteroatoms. The number of nitrogens with zero attached hydrogens (tertiary/aromatic N) is 4. The molecule has 3 aromatic heterocycles. The van der Waals surface area contributed by atoms with Gasteiger partial charge in [-0.3, -0.25) is 4.57 Å². The maximum atomic E-state index is 13.0. The topological polar surface area (TPSA) is 52.2 Å². The van der Waals surface area contributed by atoms with Gasteiger partial charge in [-0.05, 0) is 24.5 Å². The first kappa shape index (κ1) is 16.7. The number of fused-ring (bicyclic) bond motifs is 3. The van der Waals surface area contributed by atoms with Gasteiger partial charge in [0.25, 0.3) is 0 Å². The van der Waals surface area contributed by atoms with E-state index in [1.165, 1.54) is 15.0 Å². The number of allylic oxidation sites excluding steroid dienone is 1. The fraction of sp³-hybridized carbons (Fsp3) is 0.250. The third kappa shape index (κ3) is 2.57. The van der Waals surface area contributed by atoms with Crippen LogP contribution in [0.4, 0.5) is 0 Å². The highest BCUT2D eigenvalue weighted by Crippen LogP contribution is 2.32. The van der Waals surface area contributed by atoms with Crippen LogP contribution >= 0.6 is 11.3 Å². The summed E-state index contributed by atoms with van der Waals surface area (Å²) in [6.07, 6.45) is 3.25.